The van der Waals surface area contributed by atoms with E-state index in [9.17, 15) is 22.8 Å². The van der Waals surface area contributed by atoms with Crippen LogP contribution in [0.5, 0.6) is 0 Å². The second-order valence-electron chi connectivity index (χ2n) is 6.44. The molecule has 0 bridgehead atoms. The highest BCUT2D eigenvalue weighted by atomic mass is 35.5. The van der Waals surface area contributed by atoms with Crippen molar-refractivity contribution >= 4 is 30.0 Å². The van der Waals surface area contributed by atoms with Crippen LogP contribution in [0.1, 0.15) is 18.4 Å². The Morgan fingerprint density at radius 1 is 1.30 bits per heavy atom. The number of halogens is 4. The van der Waals surface area contributed by atoms with E-state index in [2.05, 4.69) is 5.32 Å². The highest BCUT2D eigenvalue weighted by Crippen LogP contribution is 2.30. The molecule has 0 aliphatic carbocycles. The number of hydrogen-bond acceptors (Lipinski definition) is 4. The monoisotopic (exact) mass is 409 g/mol. The number of alkyl halides is 3. The lowest BCUT2D eigenvalue weighted by Crippen LogP contribution is -2.46. The van der Waals surface area contributed by atoms with Gasteiger partial charge in [0.25, 0.3) is 0 Å². The first-order chi connectivity index (χ1) is 12.1. The number of carboxylic acid groups (broad SMARTS) is 1. The van der Waals surface area contributed by atoms with Crippen molar-refractivity contribution in [1.82, 2.24) is 9.80 Å². The molecule has 1 aliphatic rings. The lowest BCUT2D eigenvalue weighted by atomic mass is 10.0. The molecule has 1 saturated heterocycles. The molecule has 1 aromatic carbocycles. The van der Waals surface area contributed by atoms with Gasteiger partial charge in [-0.3, -0.25) is 19.4 Å². The fraction of sp³-hybridized carbons (Fsp3) is 0.529. The Balaban J connectivity index is 0.00000364. The van der Waals surface area contributed by atoms with Crippen molar-refractivity contribution in [3.63, 3.8) is 0 Å². The number of nitrogens with zero attached hydrogens (tertiary/aromatic N) is 2. The zero-order valence-electron chi connectivity index (χ0n) is 14.8. The quantitative estimate of drug-likeness (QED) is 0.755. The number of carbonyl (C=O) groups excluding carboxylic acids is 1. The molecule has 0 spiro atoms. The van der Waals surface area contributed by atoms with E-state index in [4.69, 9.17) is 5.11 Å². The highest BCUT2D eigenvalue weighted by Gasteiger charge is 2.30. The number of nitrogens with one attached hydrogen (secondary N) is 1. The molecule has 0 aromatic heterocycles. The molecule has 0 saturated carbocycles. The number of benzene rings is 1. The molecule has 10 heteroatoms. The normalized spacial score (nSPS) is 16.0. The average molecular weight is 410 g/mol. The molecular formula is C17H23ClF3N3O3. The lowest BCUT2D eigenvalue weighted by molar-refractivity contribution is -0.139. The molecular weight excluding hydrogens is 387 g/mol. The third-order valence-electron chi connectivity index (χ3n) is 4.41. The van der Waals surface area contributed by atoms with Crippen molar-refractivity contribution in [2.24, 2.45) is 0 Å². The summed E-state index contributed by atoms with van der Waals surface area (Å²) in [4.78, 5) is 26.5. The predicted molar refractivity (Wildman–Crippen MR) is 97.0 cm³/mol. The van der Waals surface area contributed by atoms with Crippen molar-refractivity contribution in [2.45, 2.75) is 25.1 Å². The number of anilines is 1. The van der Waals surface area contributed by atoms with Crippen LogP contribution in [0.25, 0.3) is 0 Å². The van der Waals surface area contributed by atoms with Crippen molar-refractivity contribution < 1.29 is 27.9 Å². The van der Waals surface area contributed by atoms with Crippen LogP contribution in [0, 0.1) is 0 Å². The molecule has 152 valence electrons. The van der Waals surface area contributed by atoms with Crippen LogP contribution < -0.4 is 5.32 Å². The maximum Gasteiger partial charge on any atom is 0.416 e. The molecule has 1 aromatic rings. The molecule has 1 aliphatic heterocycles. The Hall–Kier alpha value is -1.84. The van der Waals surface area contributed by atoms with Gasteiger partial charge in [-0.2, -0.15) is 13.2 Å². The van der Waals surface area contributed by atoms with Gasteiger partial charge in [0, 0.05) is 24.8 Å². The summed E-state index contributed by atoms with van der Waals surface area (Å²) in [5.74, 6) is -1.25. The van der Waals surface area contributed by atoms with Crippen LogP contribution in [-0.2, 0) is 15.8 Å². The third kappa shape index (κ3) is 7.36. The van der Waals surface area contributed by atoms with Gasteiger partial charge in [-0.15, -0.1) is 12.4 Å². The first-order valence-electron chi connectivity index (χ1n) is 8.26. The first-order valence-corrected chi connectivity index (χ1v) is 8.26. The number of likely N-dealkylation sites (N-methyl/N-ethyl adjacent to an activating group) is 1. The van der Waals surface area contributed by atoms with Crippen molar-refractivity contribution in [1.29, 1.82) is 0 Å². The van der Waals surface area contributed by atoms with Gasteiger partial charge in [0.05, 0.1) is 18.7 Å². The van der Waals surface area contributed by atoms with E-state index in [0.29, 0.717) is 13.1 Å². The van der Waals surface area contributed by atoms with Gasteiger partial charge in [0.2, 0.25) is 5.91 Å². The van der Waals surface area contributed by atoms with Crippen LogP contribution in [0.15, 0.2) is 24.3 Å². The summed E-state index contributed by atoms with van der Waals surface area (Å²) < 4.78 is 38.1. The van der Waals surface area contributed by atoms with Gasteiger partial charge < -0.3 is 10.4 Å². The largest absolute Gasteiger partial charge is 0.480 e. The summed E-state index contributed by atoms with van der Waals surface area (Å²) >= 11 is 0. The topological polar surface area (TPSA) is 72.9 Å². The number of likely N-dealkylation sites (tertiary alicyclic amines) is 1. The van der Waals surface area contributed by atoms with E-state index in [1.807, 2.05) is 4.90 Å². The highest BCUT2D eigenvalue weighted by molar-refractivity contribution is 5.92. The van der Waals surface area contributed by atoms with Crippen molar-refractivity contribution in [3.05, 3.63) is 29.8 Å². The zero-order valence-corrected chi connectivity index (χ0v) is 15.6. The number of piperidine rings is 1. The van der Waals surface area contributed by atoms with Gasteiger partial charge in [0.15, 0.2) is 0 Å². The Labute approximate surface area is 161 Å². The summed E-state index contributed by atoms with van der Waals surface area (Å²) in [6.45, 7) is 1.32. The third-order valence-corrected chi connectivity index (χ3v) is 4.41. The maximum atomic E-state index is 12.7. The van der Waals surface area contributed by atoms with Crippen LogP contribution in [0.3, 0.4) is 0 Å². The van der Waals surface area contributed by atoms with E-state index in [1.165, 1.54) is 12.1 Å². The van der Waals surface area contributed by atoms with Gasteiger partial charge in [-0.1, -0.05) is 6.07 Å². The molecule has 0 unspecified atom stereocenters. The average Bonchev–Trinajstić information content (AvgIpc) is 2.54. The summed E-state index contributed by atoms with van der Waals surface area (Å²) in [6, 6.07) is 4.68. The second kappa shape index (κ2) is 9.91. The first kappa shape index (κ1) is 23.2. The van der Waals surface area contributed by atoms with E-state index in [1.54, 1.807) is 11.9 Å². The molecule has 0 radical (unpaired) electrons. The molecule has 27 heavy (non-hydrogen) atoms. The summed E-state index contributed by atoms with van der Waals surface area (Å²) in [5.41, 5.74) is -0.696. The van der Waals surface area contributed by atoms with Crippen LogP contribution in [0.4, 0.5) is 18.9 Å². The lowest BCUT2D eigenvalue weighted by Gasteiger charge is -2.35. The standard InChI is InChI=1S/C17H22F3N3O3.ClH/c1-22(11-16(25)26)14-5-7-23(8-6-14)10-15(24)21-13-4-2-3-12(9-13)17(18,19)20;/h2-4,9,14H,5-8,10-11H2,1H3,(H,21,24)(H,25,26);1H. The molecule has 2 rings (SSSR count). The maximum absolute atomic E-state index is 12.7. The van der Waals surface area contributed by atoms with Crippen molar-refractivity contribution in [2.75, 3.05) is 38.5 Å². The fourth-order valence-electron chi connectivity index (χ4n) is 3.04. The summed E-state index contributed by atoms with van der Waals surface area (Å²) in [7, 11) is 1.76. The Kier molecular flexibility index (Phi) is 8.52. The number of carbonyl (C=O) groups is 2. The minimum Gasteiger partial charge on any atom is -0.480 e. The van der Waals surface area contributed by atoms with E-state index in [-0.39, 0.29) is 43.1 Å². The zero-order chi connectivity index (χ0) is 19.3. The number of aliphatic carboxylic acids is 1. The number of rotatable bonds is 6. The fourth-order valence-corrected chi connectivity index (χ4v) is 3.04. The molecule has 2 N–H and O–H groups in total. The molecule has 1 heterocycles. The molecule has 6 nitrogen and oxygen atoms in total. The second-order valence-corrected chi connectivity index (χ2v) is 6.44. The Morgan fingerprint density at radius 2 is 1.93 bits per heavy atom. The molecule has 1 amide bonds. The molecule has 1 fully saturated rings. The smallest absolute Gasteiger partial charge is 0.416 e. The number of hydrogen-bond donors (Lipinski definition) is 2. The van der Waals surface area contributed by atoms with Crippen LogP contribution in [0.2, 0.25) is 0 Å². The number of carboxylic acids is 1. The van der Waals surface area contributed by atoms with Crippen LogP contribution >= 0.6 is 12.4 Å². The minimum absolute atomic E-state index is 0. The van der Waals surface area contributed by atoms with Crippen LogP contribution in [-0.4, -0.2) is 66.1 Å². The predicted octanol–water partition coefficient (Wildman–Crippen LogP) is 2.55. The minimum atomic E-state index is -4.45. The SMILES string of the molecule is CN(CC(=O)O)C1CCN(CC(=O)Nc2cccc(C(F)(F)F)c2)CC1.Cl. The van der Waals surface area contributed by atoms with Gasteiger partial charge >= 0.3 is 12.1 Å². The van der Waals surface area contributed by atoms with Gasteiger partial charge in [-0.25, -0.2) is 0 Å². The van der Waals surface area contributed by atoms with Gasteiger partial charge in [-0.05, 0) is 38.1 Å². The Bertz CT molecular complexity index is 650. The van der Waals surface area contributed by atoms with E-state index >= 15 is 0 Å². The number of amides is 1. The van der Waals surface area contributed by atoms with E-state index in [0.717, 1.165) is 25.0 Å². The summed E-state index contributed by atoms with van der Waals surface area (Å²) in [5, 5.41) is 11.3. The molecule has 0 atom stereocenters. The Morgan fingerprint density at radius 3 is 2.48 bits per heavy atom. The van der Waals surface area contributed by atoms with Crippen molar-refractivity contribution in [3.8, 4) is 0 Å². The van der Waals surface area contributed by atoms with E-state index < -0.39 is 17.7 Å². The van der Waals surface area contributed by atoms with Gasteiger partial charge in [0.1, 0.15) is 0 Å². The summed E-state index contributed by atoms with van der Waals surface area (Å²) in [6.07, 6.45) is -2.98.